The first-order chi connectivity index (χ1) is 15.5. The lowest BCUT2D eigenvalue weighted by atomic mass is 9.84. The number of rotatable bonds is 6. The van der Waals surface area contributed by atoms with E-state index in [2.05, 4.69) is 46.4 Å². The molecule has 1 aromatic carbocycles. The van der Waals surface area contributed by atoms with Gasteiger partial charge in [0.25, 0.3) is 0 Å². The molecule has 0 bridgehead atoms. The molecule has 0 spiro atoms. The zero-order valence-corrected chi connectivity index (χ0v) is 19.5. The van der Waals surface area contributed by atoms with Crippen molar-refractivity contribution in [3.05, 3.63) is 35.4 Å². The number of likely N-dealkylation sites (tertiary alicyclic amines) is 3. The molecule has 3 fully saturated rings. The van der Waals surface area contributed by atoms with Gasteiger partial charge in [-0.15, -0.1) is 0 Å². The molecule has 3 amide bonds. The van der Waals surface area contributed by atoms with Crippen molar-refractivity contribution in [3.8, 4) is 0 Å². The summed E-state index contributed by atoms with van der Waals surface area (Å²) in [6.45, 7) is 7.46. The maximum absolute atomic E-state index is 12.7. The van der Waals surface area contributed by atoms with Crippen LogP contribution in [0.1, 0.15) is 43.2 Å². The Bertz CT molecular complexity index is 767. The van der Waals surface area contributed by atoms with Crippen LogP contribution in [0, 0.1) is 17.8 Å². The first-order valence-corrected chi connectivity index (χ1v) is 12.3. The third kappa shape index (κ3) is 6.01. The summed E-state index contributed by atoms with van der Waals surface area (Å²) >= 11 is 0. The van der Waals surface area contributed by atoms with E-state index in [0.717, 1.165) is 63.5 Å². The summed E-state index contributed by atoms with van der Waals surface area (Å²) in [5.74, 6) is 1.31. The quantitative estimate of drug-likeness (QED) is 0.710. The summed E-state index contributed by atoms with van der Waals surface area (Å²) in [5, 5.41) is 3.11. The van der Waals surface area contributed by atoms with Crippen LogP contribution in [0.2, 0.25) is 0 Å². The number of nitrogens with two attached hydrogens (primary N) is 1. The number of primary amides is 1. The highest BCUT2D eigenvalue weighted by Crippen LogP contribution is 2.31. The van der Waals surface area contributed by atoms with E-state index in [1.54, 1.807) is 0 Å². The minimum absolute atomic E-state index is 0.0347. The standard InChI is InChI=1S/C25H39N5O2/c1-28-11-6-21(7-12-28)23-10-15-30(18-23)25(32)27-16-19-2-4-20(5-3-19)17-29-13-8-22(9-14-29)24(26)31/h2-5,21-23H,6-18H2,1H3,(H2,26,31)(H,27,32). The minimum atomic E-state index is -0.165. The predicted octanol–water partition coefficient (Wildman–Crippen LogP) is 2.26. The van der Waals surface area contributed by atoms with E-state index >= 15 is 0 Å². The molecule has 0 saturated carbocycles. The van der Waals surface area contributed by atoms with E-state index in [-0.39, 0.29) is 17.9 Å². The monoisotopic (exact) mass is 441 g/mol. The molecule has 3 heterocycles. The Morgan fingerprint density at radius 1 is 0.906 bits per heavy atom. The zero-order valence-electron chi connectivity index (χ0n) is 19.5. The normalized spacial score (nSPS) is 24.0. The minimum Gasteiger partial charge on any atom is -0.369 e. The fourth-order valence-electron chi connectivity index (χ4n) is 5.54. The van der Waals surface area contributed by atoms with Crippen molar-refractivity contribution in [2.75, 3.05) is 46.3 Å². The van der Waals surface area contributed by atoms with Crippen LogP contribution in [0.25, 0.3) is 0 Å². The van der Waals surface area contributed by atoms with Crippen LogP contribution < -0.4 is 11.1 Å². The van der Waals surface area contributed by atoms with Crippen molar-refractivity contribution in [1.29, 1.82) is 0 Å². The first kappa shape index (κ1) is 23.1. The van der Waals surface area contributed by atoms with E-state index in [4.69, 9.17) is 5.73 Å². The molecular weight excluding hydrogens is 402 g/mol. The molecule has 0 aliphatic carbocycles. The van der Waals surface area contributed by atoms with E-state index in [9.17, 15) is 9.59 Å². The van der Waals surface area contributed by atoms with Gasteiger partial charge in [0, 0.05) is 32.1 Å². The highest BCUT2D eigenvalue weighted by atomic mass is 16.2. The molecule has 3 aliphatic rings. The van der Waals surface area contributed by atoms with Crippen molar-refractivity contribution in [2.45, 2.75) is 45.2 Å². The van der Waals surface area contributed by atoms with Crippen molar-refractivity contribution in [3.63, 3.8) is 0 Å². The molecule has 4 rings (SSSR count). The van der Waals surface area contributed by atoms with Gasteiger partial charge in [-0.25, -0.2) is 4.79 Å². The number of carbonyl (C=O) groups is 2. The van der Waals surface area contributed by atoms with Gasteiger partial charge in [-0.2, -0.15) is 0 Å². The fraction of sp³-hybridized carbons (Fsp3) is 0.680. The van der Waals surface area contributed by atoms with Crippen LogP contribution in [-0.4, -0.2) is 73.0 Å². The van der Waals surface area contributed by atoms with Gasteiger partial charge >= 0.3 is 6.03 Å². The van der Waals surface area contributed by atoms with E-state index in [1.807, 2.05) is 4.90 Å². The fourth-order valence-corrected chi connectivity index (χ4v) is 5.54. The molecule has 1 atom stereocenters. The van der Waals surface area contributed by atoms with Gasteiger partial charge in [0.05, 0.1) is 0 Å². The largest absolute Gasteiger partial charge is 0.369 e. The number of nitrogens with zero attached hydrogens (tertiary/aromatic N) is 3. The summed E-state index contributed by atoms with van der Waals surface area (Å²) < 4.78 is 0. The maximum Gasteiger partial charge on any atom is 0.317 e. The van der Waals surface area contributed by atoms with Gasteiger partial charge in [-0.05, 0) is 88.3 Å². The van der Waals surface area contributed by atoms with Crippen molar-refractivity contribution in [2.24, 2.45) is 23.5 Å². The van der Waals surface area contributed by atoms with Gasteiger partial charge < -0.3 is 20.9 Å². The Kier molecular flexibility index (Phi) is 7.68. The Hall–Kier alpha value is -2.12. The molecule has 3 saturated heterocycles. The summed E-state index contributed by atoms with van der Waals surface area (Å²) in [5.41, 5.74) is 7.81. The maximum atomic E-state index is 12.7. The zero-order chi connectivity index (χ0) is 22.5. The molecule has 32 heavy (non-hydrogen) atoms. The van der Waals surface area contributed by atoms with Crippen LogP contribution in [0.3, 0.4) is 0 Å². The average molecular weight is 442 g/mol. The first-order valence-electron chi connectivity index (χ1n) is 12.3. The second kappa shape index (κ2) is 10.7. The molecular formula is C25H39N5O2. The summed E-state index contributed by atoms with van der Waals surface area (Å²) in [4.78, 5) is 30.8. The van der Waals surface area contributed by atoms with Crippen LogP contribution >= 0.6 is 0 Å². The lowest BCUT2D eigenvalue weighted by Gasteiger charge is -2.32. The van der Waals surface area contributed by atoms with Gasteiger partial charge in [0.1, 0.15) is 0 Å². The summed E-state index contributed by atoms with van der Waals surface area (Å²) in [6, 6.07) is 8.58. The molecule has 1 unspecified atom stereocenters. The number of benzene rings is 1. The Morgan fingerprint density at radius 3 is 2.19 bits per heavy atom. The van der Waals surface area contributed by atoms with E-state index in [1.165, 1.54) is 31.5 Å². The predicted molar refractivity (Wildman–Crippen MR) is 126 cm³/mol. The molecule has 3 N–H and O–H groups in total. The molecule has 1 aromatic rings. The lowest BCUT2D eigenvalue weighted by molar-refractivity contribution is -0.123. The van der Waals surface area contributed by atoms with Crippen LogP contribution in [0.4, 0.5) is 4.79 Å². The van der Waals surface area contributed by atoms with Crippen molar-refractivity contribution in [1.82, 2.24) is 20.0 Å². The molecule has 7 nitrogen and oxygen atoms in total. The van der Waals surface area contributed by atoms with E-state index < -0.39 is 0 Å². The Morgan fingerprint density at radius 2 is 1.53 bits per heavy atom. The molecule has 3 aliphatic heterocycles. The van der Waals surface area contributed by atoms with Crippen LogP contribution in [0.5, 0.6) is 0 Å². The topological polar surface area (TPSA) is 81.9 Å². The van der Waals surface area contributed by atoms with Crippen LogP contribution in [-0.2, 0) is 17.9 Å². The second-order valence-electron chi connectivity index (χ2n) is 10.1. The van der Waals surface area contributed by atoms with Gasteiger partial charge in [-0.3, -0.25) is 9.69 Å². The van der Waals surface area contributed by atoms with E-state index in [0.29, 0.717) is 12.5 Å². The number of hydrogen-bond donors (Lipinski definition) is 2. The lowest BCUT2D eigenvalue weighted by Crippen LogP contribution is -2.39. The summed E-state index contributed by atoms with van der Waals surface area (Å²) in [7, 11) is 2.20. The summed E-state index contributed by atoms with van der Waals surface area (Å²) in [6.07, 6.45) is 5.40. The molecule has 0 aromatic heterocycles. The molecule has 176 valence electrons. The Balaban J connectivity index is 1.17. The number of nitrogens with one attached hydrogen (secondary N) is 1. The molecule has 0 radical (unpaired) electrons. The third-order valence-electron chi connectivity index (χ3n) is 7.80. The third-order valence-corrected chi connectivity index (χ3v) is 7.80. The number of hydrogen-bond acceptors (Lipinski definition) is 4. The van der Waals surface area contributed by atoms with Gasteiger partial charge in [-0.1, -0.05) is 24.3 Å². The highest BCUT2D eigenvalue weighted by molar-refractivity contribution is 5.76. The number of carbonyl (C=O) groups excluding carboxylic acids is 2. The number of urea groups is 1. The van der Waals surface area contributed by atoms with Gasteiger partial charge in [0.15, 0.2) is 0 Å². The molecule has 7 heteroatoms. The highest BCUT2D eigenvalue weighted by Gasteiger charge is 2.33. The number of piperidine rings is 2. The smallest absolute Gasteiger partial charge is 0.317 e. The van der Waals surface area contributed by atoms with Gasteiger partial charge in [0.2, 0.25) is 5.91 Å². The Labute approximate surface area is 192 Å². The SMILES string of the molecule is CN1CCC(C2CCN(C(=O)NCc3ccc(CN4CCC(C(N)=O)CC4)cc3)C2)CC1. The second-order valence-corrected chi connectivity index (χ2v) is 10.1. The number of amides is 3. The van der Waals surface area contributed by atoms with Crippen molar-refractivity contribution < 1.29 is 9.59 Å². The van der Waals surface area contributed by atoms with Crippen LogP contribution in [0.15, 0.2) is 24.3 Å². The average Bonchev–Trinajstić information content (AvgIpc) is 3.30. The van der Waals surface area contributed by atoms with Crippen molar-refractivity contribution >= 4 is 11.9 Å².